The van der Waals surface area contributed by atoms with Crippen LogP contribution < -0.4 is 10.1 Å². The minimum atomic E-state index is -1.03. The molecule has 3 aromatic rings. The van der Waals surface area contributed by atoms with E-state index >= 15 is 0 Å². The standard InChI is InChI=1S/C23H19N3O4S/c27-21(28)12-20-22(29)25-23(31-20)26-24-13-15-8-10-18(11-9-15)30-14-17-6-3-5-16-4-1-2-7-19(16)17/h1-11,13,20H,12,14H2,(H,27,28)(H,25,26,29)/b24-13-/t20-/m1/s1. The normalized spacial score (nSPS) is 17.4. The fourth-order valence-electron chi connectivity index (χ4n) is 3.12. The zero-order valence-corrected chi connectivity index (χ0v) is 17.2. The minimum Gasteiger partial charge on any atom is -0.489 e. The molecule has 0 bridgehead atoms. The molecule has 1 atom stereocenters. The lowest BCUT2D eigenvalue weighted by atomic mass is 10.1. The molecule has 1 heterocycles. The molecule has 2 N–H and O–H groups in total. The number of amides is 1. The number of fused-ring (bicyclic) bond motifs is 1. The van der Waals surface area contributed by atoms with E-state index in [2.05, 4.69) is 39.8 Å². The molecule has 4 rings (SSSR count). The first kappa shape index (κ1) is 20.6. The van der Waals surface area contributed by atoms with Crippen molar-refractivity contribution in [2.45, 2.75) is 18.3 Å². The summed E-state index contributed by atoms with van der Waals surface area (Å²) in [4.78, 5) is 22.4. The fourth-order valence-corrected chi connectivity index (χ4v) is 4.04. The number of carbonyl (C=O) groups is 2. The molecular weight excluding hydrogens is 414 g/mol. The maximum absolute atomic E-state index is 11.7. The lowest BCUT2D eigenvalue weighted by Gasteiger charge is -2.09. The summed E-state index contributed by atoms with van der Waals surface area (Å²) in [5.41, 5.74) is 1.94. The molecule has 0 aromatic heterocycles. The average molecular weight is 433 g/mol. The van der Waals surface area contributed by atoms with Gasteiger partial charge >= 0.3 is 5.97 Å². The molecule has 0 saturated carbocycles. The SMILES string of the molecule is O=C(O)C[C@H]1S/C(=N\N=C/c2ccc(OCc3cccc4ccccc34)cc2)NC1=O. The first-order valence-electron chi connectivity index (χ1n) is 9.58. The number of nitrogens with zero attached hydrogens (tertiary/aromatic N) is 2. The predicted octanol–water partition coefficient (Wildman–Crippen LogP) is 3.82. The second-order valence-electron chi connectivity index (χ2n) is 6.84. The first-order valence-corrected chi connectivity index (χ1v) is 10.5. The van der Waals surface area contributed by atoms with E-state index in [0.29, 0.717) is 11.8 Å². The Kier molecular flexibility index (Phi) is 6.28. The van der Waals surface area contributed by atoms with Gasteiger partial charge in [0.1, 0.15) is 17.6 Å². The number of carboxylic acid groups (broad SMARTS) is 1. The monoisotopic (exact) mass is 433 g/mol. The molecule has 31 heavy (non-hydrogen) atoms. The summed E-state index contributed by atoms with van der Waals surface area (Å²) < 4.78 is 5.93. The van der Waals surface area contributed by atoms with Gasteiger partial charge in [-0.15, -0.1) is 5.10 Å². The van der Waals surface area contributed by atoms with Crippen molar-refractivity contribution in [2.75, 3.05) is 0 Å². The van der Waals surface area contributed by atoms with Gasteiger partial charge in [0.05, 0.1) is 12.6 Å². The molecule has 7 nitrogen and oxygen atoms in total. The maximum atomic E-state index is 11.7. The Labute approximate surface area is 182 Å². The number of benzene rings is 3. The quantitative estimate of drug-likeness (QED) is 0.436. The minimum absolute atomic E-state index is 0.251. The number of rotatable bonds is 7. The highest BCUT2D eigenvalue weighted by atomic mass is 32.2. The summed E-state index contributed by atoms with van der Waals surface area (Å²) in [6.07, 6.45) is 1.30. The molecule has 0 aliphatic carbocycles. The molecule has 0 radical (unpaired) electrons. The van der Waals surface area contributed by atoms with Gasteiger partial charge in [-0.1, -0.05) is 54.2 Å². The number of ether oxygens (including phenoxy) is 1. The molecule has 8 heteroatoms. The van der Waals surface area contributed by atoms with E-state index in [1.54, 1.807) is 6.21 Å². The second kappa shape index (κ2) is 9.44. The van der Waals surface area contributed by atoms with Crippen molar-refractivity contribution in [3.05, 3.63) is 77.9 Å². The van der Waals surface area contributed by atoms with Gasteiger partial charge < -0.3 is 15.2 Å². The van der Waals surface area contributed by atoms with E-state index in [4.69, 9.17) is 9.84 Å². The van der Waals surface area contributed by atoms with Crippen LogP contribution in [0.5, 0.6) is 5.75 Å². The fraction of sp³-hybridized carbons (Fsp3) is 0.130. The number of amidine groups is 1. The summed E-state index contributed by atoms with van der Waals surface area (Å²) in [5, 5.41) is 21.2. The van der Waals surface area contributed by atoms with Crippen molar-refractivity contribution in [3.63, 3.8) is 0 Å². The van der Waals surface area contributed by atoms with E-state index in [0.717, 1.165) is 28.6 Å². The summed E-state index contributed by atoms with van der Waals surface area (Å²) >= 11 is 1.06. The van der Waals surface area contributed by atoms with Crippen LogP contribution in [0.1, 0.15) is 17.5 Å². The van der Waals surface area contributed by atoms with Crippen LogP contribution >= 0.6 is 11.8 Å². The molecule has 3 aromatic carbocycles. The van der Waals surface area contributed by atoms with Crippen LogP contribution in [-0.2, 0) is 16.2 Å². The molecule has 1 fully saturated rings. The third-order valence-corrected chi connectivity index (χ3v) is 5.72. The predicted molar refractivity (Wildman–Crippen MR) is 122 cm³/mol. The number of aliphatic carboxylic acids is 1. The topological polar surface area (TPSA) is 100 Å². The third kappa shape index (κ3) is 5.29. The lowest BCUT2D eigenvalue weighted by molar-refractivity contribution is -0.138. The van der Waals surface area contributed by atoms with Crippen LogP contribution in [0, 0.1) is 0 Å². The van der Waals surface area contributed by atoms with Crippen molar-refractivity contribution >= 4 is 45.8 Å². The van der Waals surface area contributed by atoms with Gasteiger partial charge in [0.15, 0.2) is 5.17 Å². The average Bonchev–Trinajstić information content (AvgIpc) is 3.11. The largest absolute Gasteiger partial charge is 0.489 e. The van der Waals surface area contributed by atoms with Crippen molar-refractivity contribution in [1.82, 2.24) is 5.32 Å². The molecule has 1 amide bonds. The number of carboxylic acids is 1. The smallest absolute Gasteiger partial charge is 0.305 e. The van der Waals surface area contributed by atoms with Gasteiger partial charge in [-0.05, 0) is 46.2 Å². The summed E-state index contributed by atoms with van der Waals surface area (Å²) in [6, 6.07) is 21.8. The van der Waals surface area contributed by atoms with Crippen LogP contribution in [0.3, 0.4) is 0 Å². The van der Waals surface area contributed by atoms with E-state index < -0.39 is 11.2 Å². The summed E-state index contributed by atoms with van der Waals surface area (Å²) in [5.74, 6) is -0.652. The van der Waals surface area contributed by atoms with Gasteiger partial charge in [-0.2, -0.15) is 5.10 Å². The molecular formula is C23H19N3O4S. The summed E-state index contributed by atoms with van der Waals surface area (Å²) in [6.45, 7) is 0.469. The van der Waals surface area contributed by atoms with Crippen LogP contribution in [0.2, 0.25) is 0 Å². The van der Waals surface area contributed by atoms with E-state index in [1.807, 2.05) is 42.5 Å². The molecule has 1 aliphatic rings. The number of nitrogens with one attached hydrogen (secondary N) is 1. The maximum Gasteiger partial charge on any atom is 0.305 e. The van der Waals surface area contributed by atoms with E-state index in [1.165, 1.54) is 10.8 Å². The van der Waals surface area contributed by atoms with Crippen molar-refractivity contribution in [3.8, 4) is 5.75 Å². The van der Waals surface area contributed by atoms with Crippen molar-refractivity contribution in [2.24, 2.45) is 10.2 Å². The lowest BCUT2D eigenvalue weighted by Crippen LogP contribution is -2.26. The van der Waals surface area contributed by atoms with Crippen LogP contribution in [0.25, 0.3) is 10.8 Å². The Morgan fingerprint density at radius 2 is 1.87 bits per heavy atom. The molecule has 1 aliphatic heterocycles. The number of hydrogen-bond donors (Lipinski definition) is 2. The zero-order valence-electron chi connectivity index (χ0n) is 16.4. The Hall–Kier alpha value is -3.65. The van der Waals surface area contributed by atoms with Gasteiger partial charge in [0.25, 0.3) is 0 Å². The Morgan fingerprint density at radius 1 is 1.10 bits per heavy atom. The summed E-state index contributed by atoms with van der Waals surface area (Å²) in [7, 11) is 0. The highest BCUT2D eigenvalue weighted by Gasteiger charge is 2.32. The second-order valence-corrected chi connectivity index (χ2v) is 8.03. The van der Waals surface area contributed by atoms with Crippen molar-refractivity contribution in [1.29, 1.82) is 0 Å². The third-order valence-electron chi connectivity index (χ3n) is 4.65. The number of carbonyl (C=O) groups excluding carboxylic acids is 1. The highest BCUT2D eigenvalue weighted by molar-refractivity contribution is 8.15. The number of hydrogen-bond acceptors (Lipinski definition) is 6. The Bertz CT molecular complexity index is 1170. The molecule has 1 saturated heterocycles. The first-order chi connectivity index (χ1) is 15.1. The number of thioether (sulfide) groups is 1. The van der Waals surface area contributed by atoms with E-state index in [9.17, 15) is 9.59 Å². The zero-order chi connectivity index (χ0) is 21.6. The Morgan fingerprint density at radius 3 is 2.68 bits per heavy atom. The molecule has 0 spiro atoms. The Balaban J connectivity index is 1.34. The van der Waals surface area contributed by atoms with Crippen molar-refractivity contribution < 1.29 is 19.4 Å². The van der Waals surface area contributed by atoms with Gasteiger partial charge in [0, 0.05) is 0 Å². The highest BCUT2D eigenvalue weighted by Crippen LogP contribution is 2.23. The van der Waals surface area contributed by atoms with Gasteiger partial charge in [-0.25, -0.2) is 0 Å². The van der Waals surface area contributed by atoms with Gasteiger partial charge in [-0.3, -0.25) is 9.59 Å². The van der Waals surface area contributed by atoms with Crippen LogP contribution in [0.15, 0.2) is 76.9 Å². The van der Waals surface area contributed by atoms with E-state index in [-0.39, 0.29) is 12.3 Å². The van der Waals surface area contributed by atoms with Gasteiger partial charge in [0.2, 0.25) is 5.91 Å². The molecule has 156 valence electrons. The van der Waals surface area contributed by atoms with Crippen LogP contribution in [-0.4, -0.2) is 33.6 Å². The van der Waals surface area contributed by atoms with Crippen LogP contribution in [0.4, 0.5) is 0 Å². The molecule has 0 unspecified atom stereocenters.